The van der Waals surface area contributed by atoms with Crippen molar-refractivity contribution in [3.05, 3.63) is 0 Å². The Bertz CT molecular complexity index is 354. The van der Waals surface area contributed by atoms with Crippen LogP contribution in [0.1, 0.15) is 33.6 Å². The Morgan fingerprint density at radius 1 is 1.50 bits per heavy atom. The summed E-state index contributed by atoms with van der Waals surface area (Å²) in [5.74, 6) is -1.28. The highest BCUT2D eigenvalue weighted by Crippen LogP contribution is 2.20. The van der Waals surface area contributed by atoms with Crippen LogP contribution in [-0.4, -0.2) is 57.9 Å². The first-order valence-electron chi connectivity index (χ1n) is 6.20. The first-order chi connectivity index (χ1) is 8.38. The number of carbonyl (C=O) groups excluding carboxylic acids is 2. The molecule has 0 spiro atoms. The van der Waals surface area contributed by atoms with Crippen LogP contribution in [0.3, 0.4) is 0 Å². The van der Waals surface area contributed by atoms with E-state index in [2.05, 4.69) is 0 Å². The number of hydrogen-bond acceptors (Lipinski definition) is 4. The van der Waals surface area contributed by atoms with Gasteiger partial charge >= 0.3 is 5.97 Å². The lowest BCUT2D eigenvalue weighted by Gasteiger charge is -2.30. The normalized spacial score (nSPS) is 20.3. The van der Waals surface area contributed by atoms with Gasteiger partial charge in [-0.25, -0.2) is 0 Å². The second-order valence-electron chi connectivity index (χ2n) is 4.67. The second kappa shape index (κ2) is 5.95. The lowest BCUT2D eigenvalue weighted by molar-refractivity contribution is -0.141. The number of likely N-dealkylation sites (N-methyl/N-ethyl adjacent to an activating group) is 1. The highest BCUT2D eigenvalue weighted by atomic mass is 16.4. The van der Waals surface area contributed by atoms with Crippen LogP contribution in [0.5, 0.6) is 0 Å². The van der Waals surface area contributed by atoms with Crippen molar-refractivity contribution in [3.8, 4) is 0 Å². The van der Waals surface area contributed by atoms with E-state index in [9.17, 15) is 14.4 Å². The van der Waals surface area contributed by atoms with Gasteiger partial charge in [0.25, 0.3) is 0 Å². The van der Waals surface area contributed by atoms with Crippen LogP contribution < -0.4 is 0 Å². The van der Waals surface area contributed by atoms with E-state index in [-0.39, 0.29) is 37.2 Å². The predicted molar refractivity (Wildman–Crippen MR) is 64.9 cm³/mol. The number of rotatable bonds is 6. The molecular formula is C12H20N2O4. The van der Waals surface area contributed by atoms with Crippen molar-refractivity contribution in [2.24, 2.45) is 0 Å². The van der Waals surface area contributed by atoms with E-state index < -0.39 is 12.0 Å². The molecule has 2 amide bonds. The maximum atomic E-state index is 12.1. The molecule has 1 unspecified atom stereocenters. The fraction of sp³-hybridized carbons (Fsp3) is 0.750. The quantitative estimate of drug-likeness (QED) is 0.692. The average molecular weight is 256 g/mol. The summed E-state index contributed by atoms with van der Waals surface area (Å²) in [5, 5.41) is 8.71. The Hall–Kier alpha value is -1.43. The van der Waals surface area contributed by atoms with E-state index in [1.54, 1.807) is 11.8 Å². The summed E-state index contributed by atoms with van der Waals surface area (Å²) in [7, 11) is 0. The molecule has 1 N–H and O–H groups in total. The minimum atomic E-state index is -0.898. The summed E-state index contributed by atoms with van der Waals surface area (Å²) in [6.07, 6.45) is 0.132. The van der Waals surface area contributed by atoms with Gasteiger partial charge in [0.1, 0.15) is 0 Å². The molecule has 1 aliphatic rings. The van der Waals surface area contributed by atoms with E-state index >= 15 is 0 Å². The predicted octanol–water partition coefficient (Wildman–Crippen LogP) is 0.319. The van der Waals surface area contributed by atoms with E-state index in [4.69, 9.17) is 5.11 Å². The van der Waals surface area contributed by atoms with Gasteiger partial charge in [0.15, 0.2) is 0 Å². The van der Waals surface area contributed by atoms with Crippen LogP contribution in [-0.2, 0) is 14.4 Å². The summed E-state index contributed by atoms with van der Waals surface area (Å²) in [6.45, 7) is 6.21. The van der Waals surface area contributed by atoms with Crippen LogP contribution >= 0.6 is 0 Å². The third-order valence-corrected chi connectivity index (χ3v) is 3.18. The molecule has 1 fully saturated rings. The molecule has 1 rings (SSSR count). The van der Waals surface area contributed by atoms with Crippen molar-refractivity contribution in [2.45, 2.75) is 45.7 Å². The molecule has 0 radical (unpaired) electrons. The highest BCUT2D eigenvalue weighted by molar-refractivity contribution is 6.05. The molecule has 102 valence electrons. The maximum Gasteiger partial charge on any atom is 0.304 e. The molecule has 0 aromatic carbocycles. The van der Waals surface area contributed by atoms with E-state index in [0.717, 1.165) is 0 Å². The molecule has 0 bridgehead atoms. The second-order valence-corrected chi connectivity index (χ2v) is 4.67. The molecule has 18 heavy (non-hydrogen) atoms. The zero-order chi connectivity index (χ0) is 13.9. The number of hydrogen-bond donors (Lipinski definition) is 1. The van der Waals surface area contributed by atoms with Gasteiger partial charge in [0.2, 0.25) is 11.8 Å². The molecule has 0 aromatic heterocycles. The zero-order valence-electron chi connectivity index (χ0n) is 11.0. The highest BCUT2D eigenvalue weighted by Gasteiger charge is 2.41. The average Bonchev–Trinajstić information content (AvgIpc) is 2.53. The first kappa shape index (κ1) is 14.6. The largest absolute Gasteiger partial charge is 0.481 e. The van der Waals surface area contributed by atoms with Crippen molar-refractivity contribution in [2.75, 3.05) is 13.1 Å². The maximum absolute atomic E-state index is 12.1. The number of amides is 2. The number of carboxylic acids is 1. The number of likely N-dealkylation sites (tertiary alicyclic amines) is 1. The zero-order valence-corrected chi connectivity index (χ0v) is 11.0. The van der Waals surface area contributed by atoms with Gasteiger partial charge in [0, 0.05) is 19.1 Å². The standard InChI is InChI=1S/C12H20N2O4/c1-4-13-10(15)7-9(12(13)18)14(8(2)3)6-5-11(16)17/h8-9H,4-7H2,1-3H3,(H,16,17). The molecule has 1 atom stereocenters. The van der Waals surface area contributed by atoms with Crippen molar-refractivity contribution in [1.29, 1.82) is 0 Å². The lowest BCUT2D eigenvalue weighted by atomic mass is 10.1. The number of carbonyl (C=O) groups is 3. The minimum absolute atomic E-state index is 0.0255. The molecular weight excluding hydrogens is 236 g/mol. The van der Waals surface area contributed by atoms with Crippen LogP contribution in [0.25, 0.3) is 0 Å². The summed E-state index contributed by atoms with van der Waals surface area (Å²) in [6, 6.07) is -0.472. The minimum Gasteiger partial charge on any atom is -0.481 e. The molecule has 1 aliphatic heterocycles. The number of nitrogens with zero attached hydrogens (tertiary/aromatic N) is 2. The summed E-state index contributed by atoms with van der Waals surface area (Å²) >= 11 is 0. The van der Waals surface area contributed by atoms with Crippen LogP contribution in [0, 0.1) is 0 Å². The Morgan fingerprint density at radius 3 is 2.50 bits per heavy atom. The van der Waals surface area contributed by atoms with Crippen molar-refractivity contribution in [3.63, 3.8) is 0 Å². The van der Waals surface area contributed by atoms with E-state index in [1.807, 2.05) is 13.8 Å². The van der Waals surface area contributed by atoms with Crippen molar-refractivity contribution in [1.82, 2.24) is 9.80 Å². The van der Waals surface area contributed by atoms with Gasteiger partial charge < -0.3 is 5.11 Å². The fourth-order valence-electron chi connectivity index (χ4n) is 2.26. The van der Waals surface area contributed by atoms with Gasteiger partial charge in [-0.05, 0) is 20.8 Å². The summed E-state index contributed by atoms with van der Waals surface area (Å²) < 4.78 is 0. The van der Waals surface area contributed by atoms with Crippen LogP contribution in [0.4, 0.5) is 0 Å². The molecule has 6 nitrogen and oxygen atoms in total. The van der Waals surface area contributed by atoms with Gasteiger partial charge in [-0.2, -0.15) is 0 Å². The Kier molecular flexibility index (Phi) is 4.84. The molecule has 6 heteroatoms. The summed E-state index contributed by atoms with van der Waals surface area (Å²) in [5.41, 5.74) is 0. The molecule has 1 saturated heterocycles. The topological polar surface area (TPSA) is 77.9 Å². The number of imide groups is 1. The third-order valence-electron chi connectivity index (χ3n) is 3.18. The van der Waals surface area contributed by atoms with Gasteiger partial charge in [-0.3, -0.25) is 24.2 Å². The van der Waals surface area contributed by atoms with Gasteiger partial charge in [-0.1, -0.05) is 0 Å². The SMILES string of the molecule is CCN1C(=O)CC(N(CCC(=O)O)C(C)C)C1=O. The monoisotopic (exact) mass is 256 g/mol. The van der Waals surface area contributed by atoms with Crippen molar-refractivity contribution >= 4 is 17.8 Å². The molecule has 0 aliphatic carbocycles. The lowest BCUT2D eigenvalue weighted by Crippen LogP contribution is -2.46. The third kappa shape index (κ3) is 3.07. The smallest absolute Gasteiger partial charge is 0.304 e. The number of carboxylic acid groups (broad SMARTS) is 1. The Labute approximate surface area is 107 Å². The fourth-order valence-corrected chi connectivity index (χ4v) is 2.26. The summed E-state index contributed by atoms with van der Waals surface area (Å²) in [4.78, 5) is 37.4. The molecule has 0 aromatic rings. The Balaban J connectivity index is 2.78. The van der Waals surface area contributed by atoms with Gasteiger partial charge in [0.05, 0.1) is 18.9 Å². The van der Waals surface area contributed by atoms with Crippen LogP contribution in [0.15, 0.2) is 0 Å². The molecule has 0 saturated carbocycles. The van der Waals surface area contributed by atoms with Crippen molar-refractivity contribution < 1.29 is 19.5 Å². The van der Waals surface area contributed by atoms with E-state index in [0.29, 0.717) is 6.54 Å². The van der Waals surface area contributed by atoms with E-state index in [1.165, 1.54) is 4.90 Å². The molecule has 1 heterocycles. The first-order valence-corrected chi connectivity index (χ1v) is 6.20. The Morgan fingerprint density at radius 2 is 2.11 bits per heavy atom. The number of aliphatic carboxylic acids is 1. The van der Waals surface area contributed by atoms with Crippen LogP contribution in [0.2, 0.25) is 0 Å². The van der Waals surface area contributed by atoms with Gasteiger partial charge in [-0.15, -0.1) is 0 Å².